The van der Waals surface area contributed by atoms with Crippen LogP contribution in [0.2, 0.25) is 5.02 Å². The lowest BCUT2D eigenvalue weighted by Crippen LogP contribution is -2.36. The maximum atomic E-state index is 14.8. The molecule has 4 aromatic rings. The van der Waals surface area contributed by atoms with E-state index in [1.807, 2.05) is 10.2 Å². The van der Waals surface area contributed by atoms with Gasteiger partial charge in [-0.25, -0.2) is 22.9 Å². The van der Waals surface area contributed by atoms with Gasteiger partial charge in [0.05, 0.1) is 41.2 Å². The van der Waals surface area contributed by atoms with Crippen LogP contribution >= 0.6 is 11.6 Å². The minimum atomic E-state index is -1.66. The van der Waals surface area contributed by atoms with Gasteiger partial charge in [0.2, 0.25) is 11.6 Å². The quantitative estimate of drug-likeness (QED) is 0.231. The van der Waals surface area contributed by atoms with E-state index in [9.17, 15) is 22.4 Å². The Bertz CT molecular complexity index is 1540. The first kappa shape index (κ1) is 25.5. The van der Waals surface area contributed by atoms with Crippen molar-refractivity contribution >= 4 is 45.9 Å². The number of hydrogen-bond donors (Lipinski definition) is 2. The van der Waals surface area contributed by atoms with Gasteiger partial charge in [-0.05, 0) is 30.3 Å². The van der Waals surface area contributed by atoms with Crippen LogP contribution in [0.1, 0.15) is 0 Å². The Balaban J connectivity index is 1.34. The summed E-state index contributed by atoms with van der Waals surface area (Å²) in [7, 11) is 0. The number of halogens is 5. The Morgan fingerprint density at radius 1 is 0.947 bits per heavy atom. The van der Waals surface area contributed by atoms with Crippen LogP contribution in [0.3, 0.4) is 0 Å². The molecule has 1 aliphatic heterocycles. The van der Waals surface area contributed by atoms with E-state index in [1.54, 1.807) is 12.3 Å². The van der Waals surface area contributed by atoms with E-state index in [0.717, 1.165) is 6.07 Å². The van der Waals surface area contributed by atoms with Gasteiger partial charge in [0.15, 0.2) is 11.6 Å². The fourth-order valence-corrected chi connectivity index (χ4v) is 3.85. The number of aromatic nitrogens is 2. The van der Waals surface area contributed by atoms with E-state index in [-0.39, 0.29) is 16.5 Å². The van der Waals surface area contributed by atoms with Crippen LogP contribution in [0.5, 0.6) is 11.5 Å². The van der Waals surface area contributed by atoms with Gasteiger partial charge in [-0.15, -0.1) is 0 Å². The summed E-state index contributed by atoms with van der Waals surface area (Å²) >= 11 is 5.58. The van der Waals surface area contributed by atoms with Crippen LogP contribution in [0.4, 0.5) is 39.5 Å². The van der Waals surface area contributed by atoms with Crippen molar-refractivity contribution in [2.75, 3.05) is 41.8 Å². The average molecular weight is 548 g/mol. The minimum Gasteiger partial charge on any atom is -0.451 e. The van der Waals surface area contributed by atoms with Crippen LogP contribution in [0.25, 0.3) is 11.0 Å². The van der Waals surface area contributed by atoms with Crippen molar-refractivity contribution in [2.45, 2.75) is 0 Å². The molecule has 196 valence electrons. The van der Waals surface area contributed by atoms with Crippen molar-refractivity contribution in [3.05, 3.63) is 77.0 Å². The Labute approximate surface area is 218 Å². The first-order valence-electron chi connectivity index (χ1n) is 11.3. The van der Waals surface area contributed by atoms with E-state index in [0.29, 0.717) is 49.2 Å². The number of benzene rings is 3. The molecule has 38 heavy (non-hydrogen) atoms. The molecule has 0 atom stereocenters. The summed E-state index contributed by atoms with van der Waals surface area (Å²) in [6.45, 7) is 2.39. The Hall–Kier alpha value is -4.16. The fourth-order valence-electron chi connectivity index (χ4n) is 3.73. The summed E-state index contributed by atoms with van der Waals surface area (Å²) in [5.74, 6) is -5.70. The summed E-state index contributed by atoms with van der Waals surface area (Å²) in [5.41, 5.74) is 0.120. The smallest absolute Gasteiger partial charge is 0.323 e. The monoisotopic (exact) mass is 547 g/mol. The number of morpholine rings is 1. The third-order valence-electron chi connectivity index (χ3n) is 5.60. The van der Waals surface area contributed by atoms with Crippen molar-refractivity contribution < 1.29 is 31.8 Å². The summed E-state index contributed by atoms with van der Waals surface area (Å²) in [4.78, 5) is 23.0. The van der Waals surface area contributed by atoms with E-state index < -0.39 is 40.7 Å². The predicted molar refractivity (Wildman–Crippen MR) is 133 cm³/mol. The van der Waals surface area contributed by atoms with Crippen molar-refractivity contribution in [1.29, 1.82) is 0 Å². The second kappa shape index (κ2) is 10.7. The number of hydrogen-bond acceptors (Lipinski definition) is 6. The van der Waals surface area contributed by atoms with Gasteiger partial charge in [0.1, 0.15) is 17.4 Å². The number of carbonyl (C=O) groups is 1. The molecule has 0 saturated carbocycles. The highest BCUT2D eigenvalue weighted by molar-refractivity contribution is 6.30. The Kier molecular flexibility index (Phi) is 7.16. The number of amides is 2. The normalized spacial score (nSPS) is 13.4. The Morgan fingerprint density at radius 2 is 1.74 bits per heavy atom. The van der Waals surface area contributed by atoms with Crippen LogP contribution in [-0.2, 0) is 4.74 Å². The van der Waals surface area contributed by atoms with Crippen molar-refractivity contribution in [2.24, 2.45) is 0 Å². The molecule has 0 spiro atoms. The van der Waals surface area contributed by atoms with E-state index in [4.69, 9.17) is 21.1 Å². The van der Waals surface area contributed by atoms with Crippen LogP contribution < -0.4 is 20.3 Å². The summed E-state index contributed by atoms with van der Waals surface area (Å²) < 4.78 is 68.4. The number of fused-ring (bicyclic) bond motifs is 1. The molecule has 0 unspecified atom stereocenters. The van der Waals surface area contributed by atoms with E-state index in [2.05, 4.69) is 15.3 Å². The average Bonchev–Trinajstić information content (AvgIpc) is 2.91. The molecule has 1 saturated heterocycles. The van der Waals surface area contributed by atoms with Crippen LogP contribution in [0, 0.1) is 23.3 Å². The highest BCUT2D eigenvalue weighted by Gasteiger charge is 2.23. The van der Waals surface area contributed by atoms with Gasteiger partial charge in [0.25, 0.3) is 0 Å². The van der Waals surface area contributed by atoms with Crippen molar-refractivity contribution in [3.63, 3.8) is 0 Å². The van der Waals surface area contributed by atoms with Crippen molar-refractivity contribution in [3.8, 4) is 11.5 Å². The molecule has 0 radical (unpaired) electrons. The topological polar surface area (TPSA) is 88.6 Å². The molecule has 2 heterocycles. The number of anilines is 3. The minimum absolute atomic E-state index is 0.00801. The lowest BCUT2D eigenvalue weighted by atomic mass is 10.2. The number of nitrogens with zero attached hydrogens (tertiary/aromatic N) is 3. The number of carbonyl (C=O) groups excluding carboxylic acids is 1. The van der Waals surface area contributed by atoms with Crippen LogP contribution in [0.15, 0.2) is 48.7 Å². The third kappa shape index (κ3) is 5.41. The first-order chi connectivity index (χ1) is 18.3. The van der Waals surface area contributed by atoms with E-state index in [1.165, 1.54) is 24.3 Å². The van der Waals surface area contributed by atoms with Gasteiger partial charge in [0, 0.05) is 30.9 Å². The molecule has 13 heteroatoms. The zero-order valence-electron chi connectivity index (χ0n) is 19.4. The standard InChI is InChI=1S/C25H18ClF4N5O3/c26-15-3-1-13(9-16(15)27)32-25(36)34-20-11-17(28)24(23(30)22(20)29)38-14-2-4-18-19(10-14)33-21(12-31-18)35-5-7-37-8-6-35/h1-4,9-12H,5-8H2,(H2,32,34,36). The summed E-state index contributed by atoms with van der Waals surface area (Å²) in [5, 5.41) is 4.02. The lowest BCUT2D eigenvalue weighted by molar-refractivity contribution is 0.122. The maximum absolute atomic E-state index is 14.8. The van der Waals surface area contributed by atoms with Gasteiger partial charge >= 0.3 is 6.03 Å². The Morgan fingerprint density at radius 3 is 2.50 bits per heavy atom. The number of urea groups is 1. The molecule has 1 aliphatic rings. The van der Waals surface area contributed by atoms with Gasteiger partial charge in [-0.1, -0.05) is 11.6 Å². The second-order valence-corrected chi connectivity index (χ2v) is 8.56. The summed E-state index contributed by atoms with van der Waals surface area (Å²) in [6.07, 6.45) is 1.62. The molecule has 1 fully saturated rings. The molecule has 2 N–H and O–H groups in total. The van der Waals surface area contributed by atoms with Crippen molar-refractivity contribution in [1.82, 2.24) is 9.97 Å². The van der Waals surface area contributed by atoms with Crippen LogP contribution in [-0.4, -0.2) is 42.3 Å². The molecule has 8 nitrogen and oxygen atoms in total. The maximum Gasteiger partial charge on any atom is 0.323 e. The molecule has 0 bridgehead atoms. The third-order valence-corrected chi connectivity index (χ3v) is 5.90. The number of ether oxygens (including phenoxy) is 2. The predicted octanol–water partition coefficient (Wildman–Crippen LogP) is 6.11. The number of nitrogens with one attached hydrogen (secondary N) is 2. The number of rotatable bonds is 5. The zero-order valence-corrected chi connectivity index (χ0v) is 20.2. The van der Waals surface area contributed by atoms with Gasteiger partial charge < -0.3 is 25.0 Å². The molecule has 3 aromatic carbocycles. The highest BCUT2D eigenvalue weighted by atomic mass is 35.5. The molecule has 0 aliphatic carbocycles. The molecular weight excluding hydrogens is 530 g/mol. The fraction of sp³-hybridized carbons (Fsp3) is 0.160. The molecule has 5 rings (SSSR count). The summed E-state index contributed by atoms with van der Waals surface area (Å²) in [6, 6.07) is 7.29. The first-order valence-corrected chi connectivity index (χ1v) is 11.6. The molecular formula is C25H18ClF4N5O3. The van der Waals surface area contributed by atoms with E-state index >= 15 is 0 Å². The lowest BCUT2D eigenvalue weighted by Gasteiger charge is -2.27. The van der Waals surface area contributed by atoms with Gasteiger partial charge in [-0.3, -0.25) is 4.98 Å². The molecule has 1 aromatic heterocycles. The zero-order chi connectivity index (χ0) is 26.8. The molecule has 2 amide bonds. The largest absolute Gasteiger partial charge is 0.451 e. The SMILES string of the molecule is O=C(Nc1ccc(Cl)c(F)c1)Nc1cc(F)c(Oc2ccc3ncc(N4CCOCC4)nc3c2)c(F)c1F. The van der Waals surface area contributed by atoms with Gasteiger partial charge in [-0.2, -0.15) is 4.39 Å². The highest BCUT2D eigenvalue weighted by Crippen LogP contribution is 2.34. The second-order valence-electron chi connectivity index (χ2n) is 8.15.